The molecule has 6 nitrogen and oxygen atoms in total. The molecule has 7 heteroatoms. The van der Waals surface area contributed by atoms with E-state index in [0.717, 1.165) is 0 Å². The van der Waals surface area contributed by atoms with Gasteiger partial charge in [-0.3, -0.25) is 0 Å². The van der Waals surface area contributed by atoms with Crippen LogP contribution in [-0.2, 0) is 4.74 Å². The highest BCUT2D eigenvalue weighted by Gasteiger charge is 2.16. The van der Waals surface area contributed by atoms with E-state index in [1.807, 2.05) is 18.2 Å². The fourth-order valence-corrected chi connectivity index (χ4v) is 2.82. The number of anilines is 2. The Morgan fingerprint density at radius 2 is 2.04 bits per heavy atom. The molecule has 0 saturated heterocycles. The van der Waals surface area contributed by atoms with Gasteiger partial charge in [-0.25, -0.2) is 14.8 Å². The number of furan rings is 1. The molecule has 4 aromatic rings. The summed E-state index contributed by atoms with van der Waals surface area (Å²) in [6, 6.07) is 12.4. The number of esters is 1. The molecule has 0 aliphatic carbocycles. The number of carbonyl (C=O) groups is 1. The van der Waals surface area contributed by atoms with Gasteiger partial charge in [0.15, 0.2) is 0 Å². The van der Waals surface area contributed by atoms with E-state index < -0.39 is 5.97 Å². The third kappa shape index (κ3) is 2.66. The van der Waals surface area contributed by atoms with Crippen molar-refractivity contribution in [2.24, 2.45) is 0 Å². The van der Waals surface area contributed by atoms with E-state index in [9.17, 15) is 4.79 Å². The average Bonchev–Trinajstić information content (AvgIpc) is 3.01. The Morgan fingerprint density at radius 3 is 2.84 bits per heavy atom. The van der Waals surface area contributed by atoms with E-state index in [1.54, 1.807) is 24.3 Å². The van der Waals surface area contributed by atoms with Crippen molar-refractivity contribution in [2.45, 2.75) is 0 Å². The number of rotatable bonds is 3. The number of benzene rings is 2. The van der Waals surface area contributed by atoms with Gasteiger partial charge in [-0.15, -0.1) is 0 Å². The molecule has 25 heavy (non-hydrogen) atoms. The first-order valence-electron chi connectivity index (χ1n) is 7.44. The summed E-state index contributed by atoms with van der Waals surface area (Å²) in [5.41, 5.74) is 2.15. The highest BCUT2D eigenvalue weighted by molar-refractivity contribution is 6.33. The van der Waals surface area contributed by atoms with Crippen LogP contribution in [0.5, 0.6) is 0 Å². The molecule has 4 rings (SSSR count). The summed E-state index contributed by atoms with van der Waals surface area (Å²) in [7, 11) is 1.34. The highest BCUT2D eigenvalue weighted by atomic mass is 35.5. The van der Waals surface area contributed by atoms with Gasteiger partial charge in [-0.1, -0.05) is 23.7 Å². The van der Waals surface area contributed by atoms with Gasteiger partial charge in [0.1, 0.15) is 17.7 Å². The zero-order chi connectivity index (χ0) is 17.4. The topological polar surface area (TPSA) is 77.2 Å². The van der Waals surface area contributed by atoms with Gasteiger partial charge in [-0.2, -0.15) is 0 Å². The maximum absolute atomic E-state index is 11.8. The largest absolute Gasteiger partial charge is 0.465 e. The molecule has 2 aromatic carbocycles. The molecule has 0 unspecified atom stereocenters. The van der Waals surface area contributed by atoms with E-state index in [1.165, 1.54) is 13.4 Å². The zero-order valence-electron chi connectivity index (χ0n) is 13.1. The SMILES string of the molecule is COC(=O)c1ccc2oc3ncnc(Nc4ccccc4Cl)c3c2c1. The molecule has 2 heterocycles. The Kier molecular flexibility index (Phi) is 3.74. The van der Waals surface area contributed by atoms with Crippen LogP contribution in [0.2, 0.25) is 5.02 Å². The third-order valence-electron chi connectivity index (χ3n) is 3.82. The number of halogens is 1. The number of aromatic nitrogens is 2. The standard InChI is InChI=1S/C18H12ClN3O3/c1-24-18(23)10-6-7-14-11(8-10)15-16(20-9-21-17(15)25-14)22-13-5-3-2-4-12(13)19/h2-9H,1H3,(H,20,21,22). The molecular formula is C18H12ClN3O3. The second-order valence-electron chi connectivity index (χ2n) is 5.31. The summed E-state index contributed by atoms with van der Waals surface area (Å²) >= 11 is 6.21. The van der Waals surface area contributed by atoms with Crippen molar-refractivity contribution in [3.63, 3.8) is 0 Å². The van der Waals surface area contributed by atoms with E-state index >= 15 is 0 Å². The fourth-order valence-electron chi connectivity index (χ4n) is 2.64. The molecular weight excluding hydrogens is 342 g/mol. The number of ether oxygens (including phenoxy) is 1. The van der Waals surface area contributed by atoms with Crippen molar-refractivity contribution >= 4 is 51.1 Å². The van der Waals surface area contributed by atoms with Gasteiger partial charge in [0.25, 0.3) is 0 Å². The molecule has 0 radical (unpaired) electrons. The maximum Gasteiger partial charge on any atom is 0.337 e. The molecule has 0 aliphatic rings. The van der Waals surface area contributed by atoms with Crippen LogP contribution < -0.4 is 5.32 Å². The third-order valence-corrected chi connectivity index (χ3v) is 4.15. The van der Waals surface area contributed by atoms with Crippen LogP contribution in [0.3, 0.4) is 0 Å². The van der Waals surface area contributed by atoms with Crippen LogP contribution in [0.25, 0.3) is 22.1 Å². The lowest BCUT2D eigenvalue weighted by atomic mass is 10.1. The number of nitrogens with zero attached hydrogens (tertiary/aromatic N) is 2. The fraction of sp³-hybridized carbons (Fsp3) is 0.0556. The first-order chi connectivity index (χ1) is 12.2. The molecule has 0 amide bonds. The molecule has 0 saturated carbocycles. The van der Waals surface area contributed by atoms with E-state index in [-0.39, 0.29) is 0 Å². The first-order valence-corrected chi connectivity index (χ1v) is 7.82. The highest BCUT2D eigenvalue weighted by Crippen LogP contribution is 2.34. The van der Waals surface area contributed by atoms with Crippen LogP contribution in [-0.4, -0.2) is 23.0 Å². The number of para-hydroxylation sites is 1. The molecule has 0 atom stereocenters. The normalized spacial score (nSPS) is 11.0. The van der Waals surface area contributed by atoms with Crippen molar-refractivity contribution in [1.82, 2.24) is 9.97 Å². The Balaban J connectivity index is 1.92. The number of fused-ring (bicyclic) bond motifs is 3. The zero-order valence-corrected chi connectivity index (χ0v) is 13.9. The molecule has 0 bridgehead atoms. The summed E-state index contributed by atoms with van der Waals surface area (Å²) in [4.78, 5) is 20.3. The number of methoxy groups -OCH3 is 1. The minimum Gasteiger partial charge on any atom is -0.465 e. The quantitative estimate of drug-likeness (QED) is 0.544. The monoisotopic (exact) mass is 353 g/mol. The number of nitrogens with one attached hydrogen (secondary N) is 1. The van der Waals surface area contributed by atoms with Crippen molar-refractivity contribution in [3.05, 3.63) is 59.4 Å². The summed E-state index contributed by atoms with van der Waals surface area (Å²) in [6.07, 6.45) is 1.41. The van der Waals surface area contributed by atoms with Crippen molar-refractivity contribution < 1.29 is 13.9 Å². The average molecular weight is 354 g/mol. The van der Waals surface area contributed by atoms with Crippen LogP contribution in [0.1, 0.15) is 10.4 Å². The van der Waals surface area contributed by atoms with E-state index in [4.69, 9.17) is 20.8 Å². The lowest BCUT2D eigenvalue weighted by molar-refractivity contribution is 0.0601. The van der Waals surface area contributed by atoms with Crippen LogP contribution in [0, 0.1) is 0 Å². The Labute approximate surface area is 147 Å². The summed E-state index contributed by atoms with van der Waals surface area (Å²) < 4.78 is 10.5. The summed E-state index contributed by atoms with van der Waals surface area (Å²) in [5.74, 6) is 0.118. The van der Waals surface area contributed by atoms with Gasteiger partial charge >= 0.3 is 5.97 Å². The van der Waals surface area contributed by atoms with Gasteiger partial charge < -0.3 is 14.5 Å². The molecule has 0 spiro atoms. The second-order valence-corrected chi connectivity index (χ2v) is 5.72. The smallest absolute Gasteiger partial charge is 0.337 e. The first kappa shape index (κ1) is 15.4. The minimum absolute atomic E-state index is 0.418. The van der Waals surface area contributed by atoms with Crippen LogP contribution >= 0.6 is 11.6 Å². The molecule has 2 aromatic heterocycles. The number of hydrogen-bond donors (Lipinski definition) is 1. The summed E-state index contributed by atoms with van der Waals surface area (Å²) in [6.45, 7) is 0. The Bertz CT molecular complexity index is 1110. The van der Waals surface area contributed by atoms with Gasteiger partial charge in [0.2, 0.25) is 5.71 Å². The van der Waals surface area contributed by atoms with E-state index in [0.29, 0.717) is 44.2 Å². The maximum atomic E-state index is 11.8. The minimum atomic E-state index is -0.422. The van der Waals surface area contributed by atoms with Crippen LogP contribution in [0.15, 0.2) is 53.2 Å². The van der Waals surface area contributed by atoms with Gasteiger partial charge in [0.05, 0.1) is 28.8 Å². The second kappa shape index (κ2) is 6.07. The van der Waals surface area contributed by atoms with Crippen molar-refractivity contribution in [2.75, 3.05) is 12.4 Å². The van der Waals surface area contributed by atoms with Gasteiger partial charge in [0, 0.05) is 5.39 Å². The lowest BCUT2D eigenvalue weighted by Gasteiger charge is -2.08. The number of carbonyl (C=O) groups excluding carboxylic acids is 1. The van der Waals surface area contributed by atoms with Crippen molar-refractivity contribution in [1.29, 1.82) is 0 Å². The Hall–Kier alpha value is -3.12. The van der Waals surface area contributed by atoms with Crippen molar-refractivity contribution in [3.8, 4) is 0 Å². The predicted octanol–water partition coefficient (Wildman–Crippen LogP) is 4.56. The predicted molar refractivity (Wildman–Crippen MR) is 95.4 cm³/mol. The lowest BCUT2D eigenvalue weighted by Crippen LogP contribution is -2.00. The molecule has 0 aliphatic heterocycles. The molecule has 1 N–H and O–H groups in total. The molecule has 124 valence electrons. The van der Waals surface area contributed by atoms with Crippen LogP contribution in [0.4, 0.5) is 11.5 Å². The van der Waals surface area contributed by atoms with Gasteiger partial charge in [-0.05, 0) is 30.3 Å². The summed E-state index contributed by atoms with van der Waals surface area (Å²) in [5, 5.41) is 5.15. The van der Waals surface area contributed by atoms with E-state index in [2.05, 4.69) is 15.3 Å². The Morgan fingerprint density at radius 1 is 1.20 bits per heavy atom. The number of hydrogen-bond acceptors (Lipinski definition) is 6. The molecule has 0 fully saturated rings.